The van der Waals surface area contributed by atoms with Crippen LogP contribution in [0.2, 0.25) is 0 Å². The normalized spacial score (nSPS) is 12.1. The Morgan fingerprint density at radius 3 is 2.33 bits per heavy atom. The average Bonchev–Trinajstić information content (AvgIpc) is 2.76. The van der Waals surface area contributed by atoms with E-state index in [1.807, 2.05) is 19.1 Å². The summed E-state index contributed by atoms with van der Waals surface area (Å²) in [6.07, 6.45) is 12.0. The molecule has 0 bridgehead atoms. The molecule has 0 radical (unpaired) electrons. The van der Waals surface area contributed by atoms with Crippen LogP contribution in [0.3, 0.4) is 0 Å². The van der Waals surface area contributed by atoms with Gasteiger partial charge in [-0.3, -0.25) is 4.99 Å². The summed E-state index contributed by atoms with van der Waals surface area (Å²) in [6.45, 7) is 15.8. The van der Waals surface area contributed by atoms with Crippen LogP contribution < -0.4 is 5.01 Å². The number of amidine groups is 1. The van der Waals surface area contributed by atoms with Crippen molar-refractivity contribution in [2.45, 2.75) is 26.7 Å². The van der Waals surface area contributed by atoms with E-state index in [1.54, 1.807) is 11.1 Å². The predicted molar refractivity (Wildman–Crippen MR) is 133 cm³/mol. The highest BCUT2D eigenvalue weighted by atomic mass is 15.5. The fourth-order valence-electron chi connectivity index (χ4n) is 3.02. The SMILES string of the molecule is C=C/C=C(\C=C/CCc1ccc(N(N=C)/C(C)=N\CC=C)cc1)c1ccc(C)cc1. The number of benzene rings is 2. The second kappa shape index (κ2) is 12.2. The van der Waals surface area contributed by atoms with Crippen LogP contribution in [0.5, 0.6) is 0 Å². The maximum absolute atomic E-state index is 4.40. The Balaban J connectivity index is 1.99. The van der Waals surface area contributed by atoms with Gasteiger partial charge in [0.2, 0.25) is 0 Å². The summed E-state index contributed by atoms with van der Waals surface area (Å²) in [6, 6.07) is 16.9. The van der Waals surface area contributed by atoms with Crippen molar-refractivity contribution in [3.05, 3.63) is 109 Å². The third-order valence-electron chi connectivity index (χ3n) is 4.66. The zero-order valence-electron chi connectivity index (χ0n) is 18.1. The van der Waals surface area contributed by atoms with E-state index in [4.69, 9.17) is 0 Å². The Kier molecular flexibility index (Phi) is 9.26. The minimum absolute atomic E-state index is 0.563. The highest BCUT2D eigenvalue weighted by Gasteiger charge is 2.07. The van der Waals surface area contributed by atoms with Gasteiger partial charge in [-0.25, -0.2) is 5.01 Å². The number of aryl methyl sites for hydroxylation is 2. The summed E-state index contributed by atoms with van der Waals surface area (Å²) in [5, 5.41) is 5.82. The second-order valence-electron chi connectivity index (χ2n) is 6.96. The molecule has 0 spiro atoms. The molecule has 0 aliphatic rings. The summed E-state index contributed by atoms with van der Waals surface area (Å²) >= 11 is 0. The van der Waals surface area contributed by atoms with Crippen molar-refractivity contribution >= 4 is 23.8 Å². The molecule has 0 fully saturated rings. The van der Waals surface area contributed by atoms with E-state index in [2.05, 4.69) is 97.6 Å². The van der Waals surface area contributed by atoms with Crippen molar-refractivity contribution < 1.29 is 0 Å². The van der Waals surface area contributed by atoms with Crippen LogP contribution in [0.4, 0.5) is 5.69 Å². The van der Waals surface area contributed by atoms with Crippen LogP contribution >= 0.6 is 0 Å². The van der Waals surface area contributed by atoms with Crippen LogP contribution in [0.1, 0.15) is 30.0 Å². The summed E-state index contributed by atoms with van der Waals surface area (Å²) in [5.74, 6) is 0.790. The molecular weight excluding hydrogens is 366 g/mol. The lowest BCUT2D eigenvalue weighted by Gasteiger charge is -2.18. The van der Waals surface area contributed by atoms with Gasteiger partial charge in [0.15, 0.2) is 0 Å². The lowest BCUT2D eigenvalue weighted by molar-refractivity contribution is 0.999. The van der Waals surface area contributed by atoms with E-state index in [0.29, 0.717) is 6.54 Å². The van der Waals surface area contributed by atoms with Gasteiger partial charge in [-0.15, -0.1) is 6.58 Å². The molecule has 0 saturated heterocycles. The second-order valence-corrected chi connectivity index (χ2v) is 6.96. The van der Waals surface area contributed by atoms with Gasteiger partial charge < -0.3 is 0 Å². The molecule has 0 aromatic heterocycles. The first-order valence-electron chi connectivity index (χ1n) is 10.1. The van der Waals surface area contributed by atoms with Crippen LogP contribution in [0, 0.1) is 6.92 Å². The first-order chi connectivity index (χ1) is 14.6. The quantitative estimate of drug-likeness (QED) is 0.143. The summed E-state index contributed by atoms with van der Waals surface area (Å²) in [7, 11) is 0. The Morgan fingerprint density at radius 1 is 1.03 bits per heavy atom. The van der Waals surface area contributed by atoms with E-state index in [0.717, 1.165) is 24.4 Å². The first-order valence-corrected chi connectivity index (χ1v) is 10.1. The van der Waals surface area contributed by atoms with Gasteiger partial charge in [0.25, 0.3) is 0 Å². The Hall–Kier alpha value is -3.46. The molecule has 0 heterocycles. The predicted octanol–water partition coefficient (Wildman–Crippen LogP) is 6.78. The van der Waals surface area contributed by atoms with E-state index in [1.165, 1.54) is 22.3 Å². The number of rotatable bonds is 10. The highest BCUT2D eigenvalue weighted by molar-refractivity contribution is 5.95. The van der Waals surface area contributed by atoms with Gasteiger partial charge in [-0.1, -0.05) is 78.9 Å². The molecule has 2 aromatic carbocycles. The molecule has 154 valence electrons. The summed E-state index contributed by atoms with van der Waals surface area (Å²) < 4.78 is 0. The van der Waals surface area contributed by atoms with Gasteiger partial charge in [0, 0.05) is 6.72 Å². The molecule has 2 rings (SSSR count). The molecule has 0 unspecified atom stereocenters. The van der Waals surface area contributed by atoms with Gasteiger partial charge in [-0.2, -0.15) is 5.10 Å². The Morgan fingerprint density at radius 2 is 1.73 bits per heavy atom. The van der Waals surface area contributed by atoms with Gasteiger partial charge >= 0.3 is 0 Å². The van der Waals surface area contributed by atoms with Gasteiger partial charge in [0.05, 0.1) is 12.2 Å². The summed E-state index contributed by atoms with van der Waals surface area (Å²) in [4.78, 5) is 4.40. The number of hydrogen-bond acceptors (Lipinski definition) is 2. The molecular formula is C27H31N3. The van der Waals surface area contributed by atoms with Crippen molar-refractivity contribution in [3.8, 4) is 0 Å². The molecule has 0 atom stereocenters. The smallest absolute Gasteiger partial charge is 0.122 e. The molecule has 0 aliphatic carbocycles. The van der Waals surface area contributed by atoms with Crippen molar-refractivity contribution in [2.24, 2.45) is 10.1 Å². The number of anilines is 1. The first kappa shape index (κ1) is 22.8. The van der Waals surface area contributed by atoms with Crippen LogP contribution in [-0.4, -0.2) is 19.1 Å². The van der Waals surface area contributed by atoms with Crippen LogP contribution in [-0.2, 0) is 6.42 Å². The van der Waals surface area contributed by atoms with Crippen LogP contribution in [0.25, 0.3) is 5.57 Å². The molecule has 0 saturated carbocycles. The summed E-state index contributed by atoms with van der Waals surface area (Å²) in [5.41, 5.74) is 5.85. The van der Waals surface area contributed by atoms with Crippen molar-refractivity contribution in [1.29, 1.82) is 0 Å². The third-order valence-corrected chi connectivity index (χ3v) is 4.66. The van der Waals surface area contributed by atoms with Crippen LogP contribution in [0.15, 0.2) is 102 Å². The molecule has 0 amide bonds. The molecule has 3 nitrogen and oxygen atoms in total. The topological polar surface area (TPSA) is 28.0 Å². The Labute approximate surface area is 181 Å². The Bertz CT molecular complexity index is 929. The number of nitrogens with zero attached hydrogens (tertiary/aromatic N) is 3. The lowest BCUT2D eigenvalue weighted by atomic mass is 10.0. The highest BCUT2D eigenvalue weighted by Crippen LogP contribution is 2.19. The van der Waals surface area contributed by atoms with Crippen molar-refractivity contribution in [2.75, 3.05) is 11.6 Å². The minimum atomic E-state index is 0.563. The van der Waals surface area contributed by atoms with Crippen molar-refractivity contribution in [1.82, 2.24) is 0 Å². The average molecular weight is 398 g/mol. The number of allylic oxidation sites excluding steroid dienone is 5. The largest absolute Gasteiger partial charge is 0.267 e. The number of aliphatic imine (C=N–C) groups is 1. The molecule has 0 aliphatic heterocycles. The molecule has 30 heavy (non-hydrogen) atoms. The van der Waals surface area contributed by atoms with Gasteiger partial charge in [-0.05, 0) is 55.5 Å². The zero-order chi connectivity index (χ0) is 21.8. The van der Waals surface area contributed by atoms with E-state index in [-0.39, 0.29) is 0 Å². The third kappa shape index (κ3) is 6.85. The zero-order valence-corrected chi connectivity index (χ0v) is 18.1. The van der Waals surface area contributed by atoms with Crippen molar-refractivity contribution in [3.63, 3.8) is 0 Å². The van der Waals surface area contributed by atoms with E-state index < -0.39 is 0 Å². The fourth-order valence-corrected chi connectivity index (χ4v) is 3.02. The minimum Gasteiger partial charge on any atom is -0.267 e. The number of hydrazone groups is 1. The van der Waals surface area contributed by atoms with Gasteiger partial charge in [0.1, 0.15) is 5.84 Å². The standard InChI is InChI=1S/C27H31N3/c1-6-10-25(26-17-13-22(3)14-18-26)12-9-8-11-24-15-19-27(20-16-24)30(28-5)23(4)29-21-7-2/h6-7,9-10,12-20H,1-2,5,8,11,21H2,3-4H3/b12-9-,25-10+,29-23-. The monoisotopic (exact) mass is 397 g/mol. The lowest BCUT2D eigenvalue weighted by Crippen LogP contribution is -2.22. The van der Waals surface area contributed by atoms with E-state index >= 15 is 0 Å². The molecule has 3 heteroatoms. The maximum Gasteiger partial charge on any atom is 0.122 e. The van der Waals surface area contributed by atoms with E-state index in [9.17, 15) is 0 Å². The number of hydrogen-bond donors (Lipinski definition) is 0. The maximum atomic E-state index is 4.40. The fraction of sp³-hybridized carbons (Fsp3) is 0.185. The molecule has 2 aromatic rings. The molecule has 0 N–H and O–H groups in total.